The molecule has 144 valence electrons. The number of Topliss-reactive ketones (excluding diaryl/α,β-unsaturated/α-hetero) is 1. The number of carbonyl (C=O) groups excluding carboxylic acids is 2. The summed E-state index contributed by atoms with van der Waals surface area (Å²) in [5, 5.41) is 9.01. The van der Waals surface area contributed by atoms with Crippen LogP contribution in [0.1, 0.15) is 35.2 Å². The van der Waals surface area contributed by atoms with Crippen LogP contribution in [0.15, 0.2) is 42.7 Å². The average Bonchev–Trinajstić information content (AvgIpc) is 3.01. The Morgan fingerprint density at radius 1 is 1.25 bits per heavy atom. The van der Waals surface area contributed by atoms with E-state index in [-0.39, 0.29) is 18.6 Å². The second kappa shape index (κ2) is 7.85. The number of likely N-dealkylation sites (tertiary alicyclic amines) is 1. The molecule has 0 bridgehead atoms. The quantitative estimate of drug-likeness (QED) is 0.737. The Balaban J connectivity index is 1.74. The molecule has 2 aromatic rings. The van der Waals surface area contributed by atoms with Crippen molar-refractivity contribution in [1.82, 2.24) is 9.88 Å². The highest BCUT2D eigenvalue weighted by Crippen LogP contribution is 2.32. The molecule has 0 spiro atoms. The molecule has 7 heteroatoms. The number of nitrogens with zero attached hydrogens (tertiary/aromatic N) is 3. The molecular formula is C21H19F2N3O2. The highest BCUT2D eigenvalue weighted by atomic mass is 19.3. The van der Waals surface area contributed by atoms with Crippen LogP contribution in [-0.2, 0) is 4.79 Å². The molecule has 1 aromatic carbocycles. The van der Waals surface area contributed by atoms with Gasteiger partial charge < -0.3 is 4.90 Å². The second-order valence-corrected chi connectivity index (χ2v) is 6.89. The summed E-state index contributed by atoms with van der Waals surface area (Å²) < 4.78 is 27.0. The van der Waals surface area contributed by atoms with Crippen LogP contribution in [0, 0.1) is 18.3 Å². The third-order valence-electron chi connectivity index (χ3n) is 4.86. The Kier molecular flexibility index (Phi) is 5.50. The number of pyridine rings is 1. The van der Waals surface area contributed by atoms with Crippen LogP contribution in [0.25, 0.3) is 11.1 Å². The Morgan fingerprint density at radius 3 is 2.71 bits per heavy atom. The number of aryl methyl sites for hydroxylation is 1. The lowest BCUT2D eigenvalue weighted by Gasteiger charge is -2.19. The van der Waals surface area contributed by atoms with Crippen LogP contribution < -0.4 is 0 Å². The van der Waals surface area contributed by atoms with E-state index in [1.54, 1.807) is 18.3 Å². The standard InChI is InChI=1S/C21H19F2N3O2/c1-14-4-2-3-5-16(14)18-12-25-9-8-17(18)19(27)6-7-20(28)26-13-21(22,23)10-15(26)11-24/h2-5,8-9,12,15H,6-7,10,13H2,1H3/t15-/m0/s1. The van der Waals surface area contributed by atoms with Gasteiger partial charge in [-0.1, -0.05) is 24.3 Å². The third-order valence-corrected chi connectivity index (χ3v) is 4.86. The maximum atomic E-state index is 13.5. The van der Waals surface area contributed by atoms with Gasteiger partial charge in [0.15, 0.2) is 5.78 Å². The SMILES string of the molecule is Cc1ccccc1-c1cnccc1C(=O)CCC(=O)N1CC(F)(F)C[C@H]1C#N. The van der Waals surface area contributed by atoms with Crippen molar-refractivity contribution in [3.8, 4) is 17.2 Å². The van der Waals surface area contributed by atoms with Crippen molar-refractivity contribution in [3.05, 3.63) is 53.9 Å². The van der Waals surface area contributed by atoms with E-state index in [1.165, 1.54) is 6.20 Å². The van der Waals surface area contributed by atoms with Gasteiger partial charge in [0.1, 0.15) is 6.04 Å². The van der Waals surface area contributed by atoms with E-state index in [9.17, 15) is 18.4 Å². The van der Waals surface area contributed by atoms with E-state index in [2.05, 4.69) is 4.98 Å². The smallest absolute Gasteiger partial charge is 0.268 e. The number of hydrogen-bond donors (Lipinski definition) is 0. The van der Waals surface area contributed by atoms with Crippen molar-refractivity contribution in [1.29, 1.82) is 5.26 Å². The van der Waals surface area contributed by atoms with Crippen LogP contribution in [-0.4, -0.2) is 40.1 Å². The highest BCUT2D eigenvalue weighted by Gasteiger charge is 2.47. The van der Waals surface area contributed by atoms with Crippen molar-refractivity contribution >= 4 is 11.7 Å². The predicted molar refractivity (Wildman–Crippen MR) is 98.7 cm³/mol. The Labute approximate surface area is 161 Å². The Morgan fingerprint density at radius 2 is 2.00 bits per heavy atom. The molecule has 1 atom stereocenters. The van der Waals surface area contributed by atoms with Crippen molar-refractivity contribution in [2.45, 2.75) is 38.2 Å². The summed E-state index contributed by atoms with van der Waals surface area (Å²) in [6.45, 7) is 1.15. The summed E-state index contributed by atoms with van der Waals surface area (Å²) >= 11 is 0. The van der Waals surface area contributed by atoms with Gasteiger partial charge in [0.25, 0.3) is 5.92 Å². The topological polar surface area (TPSA) is 74.1 Å². The first kappa shape index (κ1) is 19.6. The van der Waals surface area contributed by atoms with E-state index < -0.39 is 30.8 Å². The number of alkyl halides is 2. The van der Waals surface area contributed by atoms with E-state index in [1.807, 2.05) is 31.2 Å². The highest BCUT2D eigenvalue weighted by molar-refractivity contribution is 6.03. The molecule has 1 amide bonds. The van der Waals surface area contributed by atoms with Gasteiger partial charge in [-0.15, -0.1) is 0 Å². The van der Waals surface area contributed by atoms with Gasteiger partial charge in [-0.3, -0.25) is 14.6 Å². The summed E-state index contributed by atoms with van der Waals surface area (Å²) in [5.41, 5.74) is 2.95. The van der Waals surface area contributed by atoms with Crippen molar-refractivity contribution in [3.63, 3.8) is 0 Å². The number of rotatable bonds is 5. The van der Waals surface area contributed by atoms with Gasteiger partial charge in [-0.25, -0.2) is 8.78 Å². The average molecular weight is 383 g/mol. The van der Waals surface area contributed by atoms with Crippen LogP contribution in [0.4, 0.5) is 8.78 Å². The largest absolute Gasteiger partial charge is 0.320 e. The molecule has 0 N–H and O–H groups in total. The molecule has 0 unspecified atom stereocenters. The Hall–Kier alpha value is -3.14. The van der Waals surface area contributed by atoms with Crippen molar-refractivity contribution in [2.24, 2.45) is 0 Å². The molecule has 0 aliphatic carbocycles. The molecule has 0 radical (unpaired) electrons. The molecule has 1 aliphatic heterocycles. The minimum atomic E-state index is -3.07. The molecule has 2 heterocycles. The zero-order chi connectivity index (χ0) is 20.3. The normalized spacial score (nSPS) is 17.9. The van der Waals surface area contributed by atoms with Crippen LogP contribution in [0.2, 0.25) is 0 Å². The molecule has 5 nitrogen and oxygen atoms in total. The van der Waals surface area contributed by atoms with E-state index in [0.717, 1.165) is 16.0 Å². The van der Waals surface area contributed by atoms with Gasteiger partial charge in [0.2, 0.25) is 5.91 Å². The lowest BCUT2D eigenvalue weighted by Crippen LogP contribution is -2.36. The predicted octanol–water partition coefficient (Wildman–Crippen LogP) is 3.78. The summed E-state index contributed by atoms with van der Waals surface area (Å²) in [6, 6.07) is 9.75. The number of halogens is 2. The molecule has 1 aliphatic rings. The zero-order valence-corrected chi connectivity index (χ0v) is 15.4. The fourth-order valence-electron chi connectivity index (χ4n) is 3.42. The van der Waals surface area contributed by atoms with Gasteiger partial charge in [0, 0.05) is 42.8 Å². The lowest BCUT2D eigenvalue weighted by atomic mass is 9.94. The third kappa shape index (κ3) is 4.06. The molecule has 1 fully saturated rings. The zero-order valence-electron chi connectivity index (χ0n) is 15.4. The number of amides is 1. The second-order valence-electron chi connectivity index (χ2n) is 6.89. The maximum Gasteiger partial charge on any atom is 0.268 e. The first-order valence-corrected chi connectivity index (χ1v) is 8.92. The number of hydrogen-bond acceptors (Lipinski definition) is 4. The number of aromatic nitrogens is 1. The number of carbonyl (C=O) groups is 2. The number of ketones is 1. The van der Waals surface area contributed by atoms with E-state index in [0.29, 0.717) is 11.1 Å². The lowest BCUT2D eigenvalue weighted by molar-refractivity contribution is -0.132. The summed E-state index contributed by atoms with van der Waals surface area (Å²) in [5.74, 6) is -3.94. The fraction of sp³-hybridized carbons (Fsp3) is 0.333. The van der Waals surface area contributed by atoms with Crippen molar-refractivity contribution < 1.29 is 18.4 Å². The van der Waals surface area contributed by atoms with E-state index >= 15 is 0 Å². The molecular weight excluding hydrogens is 364 g/mol. The maximum absolute atomic E-state index is 13.5. The summed E-state index contributed by atoms with van der Waals surface area (Å²) in [4.78, 5) is 30.0. The number of nitriles is 1. The first-order chi connectivity index (χ1) is 13.3. The van der Waals surface area contributed by atoms with Gasteiger partial charge in [-0.05, 0) is 24.1 Å². The van der Waals surface area contributed by atoms with Crippen molar-refractivity contribution in [2.75, 3.05) is 6.54 Å². The van der Waals surface area contributed by atoms with Gasteiger partial charge >= 0.3 is 0 Å². The van der Waals surface area contributed by atoms with Crippen LogP contribution in [0.3, 0.4) is 0 Å². The number of benzene rings is 1. The molecule has 3 rings (SSSR count). The van der Waals surface area contributed by atoms with E-state index in [4.69, 9.17) is 5.26 Å². The van der Waals surface area contributed by atoms with Gasteiger partial charge in [0.05, 0.1) is 12.6 Å². The fourth-order valence-corrected chi connectivity index (χ4v) is 3.42. The molecule has 28 heavy (non-hydrogen) atoms. The molecule has 1 saturated heterocycles. The minimum absolute atomic E-state index is 0.123. The summed E-state index contributed by atoms with van der Waals surface area (Å²) in [6.07, 6.45) is 2.10. The minimum Gasteiger partial charge on any atom is -0.320 e. The van der Waals surface area contributed by atoms with Gasteiger partial charge in [-0.2, -0.15) is 5.26 Å². The summed E-state index contributed by atoms with van der Waals surface area (Å²) in [7, 11) is 0. The molecule has 1 aromatic heterocycles. The van der Waals surface area contributed by atoms with Crippen LogP contribution >= 0.6 is 0 Å². The molecule has 0 saturated carbocycles. The first-order valence-electron chi connectivity index (χ1n) is 8.92. The monoisotopic (exact) mass is 383 g/mol. The van der Waals surface area contributed by atoms with Crippen LogP contribution in [0.5, 0.6) is 0 Å². The Bertz CT molecular complexity index is 953.